The Kier molecular flexibility index (Phi) is 3.75. The van der Waals surface area contributed by atoms with Crippen molar-refractivity contribution in [2.24, 2.45) is 0 Å². The van der Waals surface area contributed by atoms with Crippen molar-refractivity contribution in [3.63, 3.8) is 0 Å². The first kappa shape index (κ1) is 14.4. The highest BCUT2D eigenvalue weighted by atomic mass is 19.1. The highest BCUT2D eigenvalue weighted by Crippen LogP contribution is 2.25. The Morgan fingerprint density at radius 1 is 1.45 bits per heavy atom. The third-order valence-corrected chi connectivity index (χ3v) is 3.79. The van der Waals surface area contributed by atoms with Crippen LogP contribution in [0.5, 0.6) is 0 Å². The van der Waals surface area contributed by atoms with Gasteiger partial charge in [0.15, 0.2) is 0 Å². The normalized spacial score (nSPS) is 13.0. The summed E-state index contributed by atoms with van der Waals surface area (Å²) in [7, 11) is 0. The molecule has 22 heavy (non-hydrogen) atoms. The zero-order chi connectivity index (χ0) is 15.7. The van der Waals surface area contributed by atoms with Gasteiger partial charge in [0, 0.05) is 23.9 Å². The zero-order valence-corrected chi connectivity index (χ0v) is 11.9. The van der Waals surface area contributed by atoms with Crippen LogP contribution in [0.1, 0.15) is 17.7 Å². The number of carbonyl (C=O) groups excluding carboxylic acids is 1. The summed E-state index contributed by atoms with van der Waals surface area (Å²) in [5, 5.41) is 4.26. The molecule has 1 aromatic heterocycles. The van der Waals surface area contributed by atoms with E-state index in [-0.39, 0.29) is 12.2 Å². The molecule has 3 rings (SSSR count). The van der Waals surface area contributed by atoms with Crippen molar-refractivity contribution in [2.45, 2.75) is 25.9 Å². The monoisotopic (exact) mass is 303 g/mol. The van der Waals surface area contributed by atoms with Crippen molar-refractivity contribution < 1.29 is 13.6 Å². The molecule has 1 aliphatic heterocycles. The molecule has 6 heteroatoms. The largest absolute Gasteiger partial charge is 0.301 e. The van der Waals surface area contributed by atoms with E-state index < -0.39 is 17.5 Å². The van der Waals surface area contributed by atoms with Gasteiger partial charge in [0.25, 0.3) is 5.91 Å². The van der Waals surface area contributed by atoms with Gasteiger partial charge in [0.05, 0.1) is 18.4 Å². The summed E-state index contributed by atoms with van der Waals surface area (Å²) in [6.07, 6.45) is 4.71. The lowest BCUT2D eigenvalue weighted by Gasteiger charge is -2.22. The first-order valence-electron chi connectivity index (χ1n) is 7.02. The maximum atomic E-state index is 14.0. The lowest BCUT2D eigenvalue weighted by Crippen LogP contribution is -2.29. The van der Waals surface area contributed by atoms with Crippen molar-refractivity contribution in [3.8, 4) is 0 Å². The Morgan fingerprint density at radius 2 is 2.27 bits per heavy atom. The van der Waals surface area contributed by atoms with Crippen molar-refractivity contribution in [1.82, 2.24) is 9.78 Å². The van der Waals surface area contributed by atoms with E-state index in [1.165, 1.54) is 11.0 Å². The number of anilines is 1. The second kappa shape index (κ2) is 5.71. The van der Waals surface area contributed by atoms with Crippen molar-refractivity contribution in [2.75, 3.05) is 4.90 Å². The van der Waals surface area contributed by atoms with Crippen LogP contribution in [0.2, 0.25) is 0 Å². The van der Waals surface area contributed by atoms with Crippen LogP contribution in [0.15, 0.2) is 37.1 Å². The molecule has 0 atom stereocenters. The maximum Gasteiger partial charge on any atom is 0.250 e. The van der Waals surface area contributed by atoms with Gasteiger partial charge in [-0.05, 0) is 31.1 Å². The number of amides is 1. The zero-order valence-electron chi connectivity index (χ0n) is 11.9. The summed E-state index contributed by atoms with van der Waals surface area (Å²) in [5.41, 5.74) is 1.96. The summed E-state index contributed by atoms with van der Waals surface area (Å²) in [6.45, 7) is 4.49. The van der Waals surface area contributed by atoms with E-state index in [2.05, 4.69) is 11.7 Å². The number of hydrogen-bond acceptors (Lipinski definition) is 2. The van der Waals surface area contributed by atoms with Crippen LogP contribution >= 0.6 is 0 Å². The minimum Gasteiger partial charge on any atom is -0.301 e. The fourth-order valence-electron chi connectivity index (χ4n) is 2.72. The molecule has 0 saturated heterocycles. The fourth-order valence-corrected chi connectivity index (χ4v) is 2.72. The molecular formula is C16H15F2N3O. The quantitative estimate of drug-likeness (QED) is 0.815. The molecule has 4 nitrogen and oxygen atoms in total. The molecule has 2 heterocycles. The first-order valence-corrected chi connectivity index (χ1v) is 7.02. The molecule has 0 aliphatic carbocycles. The van der Waals surface area contributed by atoms with Gasteiger partial charge in [-0.1, -0.05) is 6.58 Å². The van der Waals surface area contributed by atoms with Gasteiger partial charge in [-0.15, -0.1) is 0 Å². The number of nitrogens with zero attached hydrogens (tertiary/aromatic N) is 3. The van der Waals surface area contributed by atoms with Gasteiger partial charge < -0.3 is 4.90 Å². The van der Waals surface area contributed by atoms with Crippen molar-refractivity contribution in [3.05, 3.63) is 59.9 Å². The van der Waals surface area contributed by atoms with Crippen molar-refractivity contribution in [1.29, 1.82) is 0 Å². The highest BCUT2D eigenvalue weighted by molar-refractivity contribution is 6.01. The fraction of sp³-hybridized carbons (Fsp3) is 0.250. The Hall–Kier alpha value is -2.50. The van der Waals surface area contributed by atoms with E-state index in [4.69, 9.17) is 0 Å². The van der Waals surface area contributed by atoms with Crippen LogP contribution in [-0.2, 0) is 24.3 Å². The van der Waals surface area contributed by atoms with Crippen molar-refractivity contribution >= 4 is 11.6 Å². The number of rotatable bonds is 4. The smallest absolute Gasteiger partial charge is 0.250 e. The van der Waals surface area contributed by atoms with Gasteiger partial charge in [-0.3, -0.25) is 9.48 Å². The summed E-state index contributed by atoms with van der Waals surface area (Å²) in [6, 6.07) is 3.15. The molecule has 1 amide bonds. The Morgan fingerprint density at radius 3 is 3.00 bits per heavy atom. The molecule has 114 valence electrons. The average Bonchev–Trinajstić information content (AvgIpc) is 3.09. The van der Waals surface area contributed by atoms with Crippen LogP contribution in [-0.4, -0.2) is 15.7 Å². The molecule has 1 aromatic carbocycles. The number of fused-ring (bicyclic) bond motifs is 1. The molecule has 0 saturated carbocycles. The van der Waals surface area contributed by atoms with Gasteiger partial charge in [0.1, 0.15) is 11.6 Å². The topological polar surface area (TPSA) is 38.1 Å². The molecule has 0 radical (unpaired) electrons. The predicted octanol–water partition coefficient (Wildman–Crippen LogP) is 2.83. The number of halogens is 2. The lowest BCUT2D eigenvalue weighted by molar-refractivity contribution is -0.114. The molecule has 0 N–H and O–H groups in total. The average molecular weight is 303 g/mol. The molecule has 0 spiro atoms. The maximum absolute atomic E-state index is 14.0. The van der Waals surface area contributed by atoms with Crippen LogP contribution in [0.4, 0.5) is 14.5 Å². The third kappa shape index (κ3) is 2.52. The minimum atomic E-state index is -0.779. The van der Waals surface area contributed by atoms with Crippen LogP contribution in [0, 0.1) is 11.6 Å². The second-order valence-electron chi connectivity index (χ2n) is 5.17. The summed E-state index contributed by atoms with van der Waals surface area (Å²) >= 11 is 0. The Bertz CT molecular complexity index is 739. The van der Waals surface area contributed by atoms with Crippen LogP contribution in [0.3, 0.4) is 0 Å². The van der Waals surface area contributed by atoms with Crippen LogP contribution in [0.25, 0.3) is 0 Å². The molecule has 0 bridgehead atoms. The number of aryl methyl sites for hydroxylation is 1. The van der Waals surface area contributed by atoms with Crippen LogP contribution < -0.4 is 4.90 Å². The predicted molar refractivity (Wildman–Crippen MR) is 78.3 cm³/mol. The van der Waals surface area contributed by atoms with E-state index in [1.54, 1.807) is 6.20 Å². The third-order valence-electron chi connectivity index (χ3n) is 3.79. The standard InChI is InChI=1S/C16H15F2N3O/c1-2-16(22)20(15-6-5-12(17)8-13(15)18)10-11-9-19-21-7-3-4-14(11)21/h2,5-6,8-9H,1,3-4,7,10H2. The summed E-state index contributed by atoms with van der Waals surface area (Å²) in [4.78, 5) is 13.3. The molecule has 0 fully saturated rings. The van der Waals surface area contributed by atoms with Gasteiger partial charge in [-0.2, -0.15) is 5.10 Å². The summed E-state index contributed by atoms with van der Waals surface area (Å²) < 4.78 is 29.0. The number of hydrogen-bond donors (Lipinski definition) is 0. The molecular weight excluding hydrogens is 288 g/mol. The van der Waals surface area contributed by atoms with E-state index in [1.807, 2.05) is 4.68 Å². The number of carbonyl (C=O) groups is 1. The molecule has 1 aliphatic rings. The van der Waals surface area contributed by atoms with E-state index in [9.17, 15) is 13.6 Å². The van der Waals surface area contributed by atoms with Gasteiger partial charge in [0.2, 0.25) is 0 Å². The van der Waals surface area contributed by atoms with E-state index >= 15 is 0 Å². The minimum absolute atomic E-state index is 0.0317. The van der Waals surface area contributed by atoms with E-state index in [0.717, 1.165) is 48.9 Å². The number of benzene rings is 1. The molecule has 2 aromatic rings. The Balaban J connectivity index is 1.96. The summed E-state index contributed by atoms with van der Waals surface area (Å²) in [5.74, 6) is -1.90. The van der Waals surface area contributed by atoms with Gasteiger partial charge >= 0.3 is 0 Å². The highest BCUT2D eigenvalue weighted by Gasteiger charge is 2.22. The number of aromatic nitrogens is 2. The second-order valence-corrected chi connectivity index (χ2v) is 5.17. The first-order chi connectivity index (χ1) is 10.6. The molecule has 0 unspecified atom stereocenters. The SMILES string of the molecule is C=CC(=O)N(Cc1cnn2c1CCC2)c1ccc(F)cc1F. The van der Waals surface area contributed by atoms with E-state index in [0.29, 0.717) is 0 Å². The Labute approximate surface area is 126 Å². The van der Waals surface area contributed by atoms with Gasteiger partial charge in [-0.25, -0.2) is 8.78 Å². The lowest BCUT2D eigenvalue weighted by atomic mass is 10.1.